The summed E-state index contributed by atoms with van der Waals surface area (Å²) >= 11 is 0. The molecule has 2 atom stereocenters. The van der Waals surface area contributed by atoms with E-state index in [0.717, 1.165) is 6.42 Å². The zero-order chi connectivity index (χ0) is 12.1. The molecule has 2 heteroatoms. The SMILES string of the molecule is COC(C)Cc1ccc(CC2CCCN2)cc1. The number of hydrogen-bond donors (Lipinski definition) is 1. The summed E-state index contributed by atoms with van der Waals surface area (Å²) in [5.74, 6) is 0. The van der Waals surface area contributed by atoms with Crippen LogP contribution in [0.15, 0.2) is 24.3 Å². The second-order valence-electron chi connectivity index (χ2n) is 5.06. The zero-order valence-corrected chi connectivity index (χ0v) is 10.9. The third-order valence-corrected chi connectivity index (χ3v) is 3.59. The van der Waals surface area contributed by atoms with Crippen LogP contribution in [0.4, 0.5) is 0 Å². The first kappa shape index (κ1) is 12.6. The molecule has 0 aromatic heterocycles. The topological polar surface area (TPSA) is 21.3 Å². The van der Waals surface area contributed by atoms with Gasteiger partial charge in [0, 0.05) is 13.2 Å². The molecule has 1 aliphatic heterocycles. The summed E-state index contributed by atoms with van der Waals surface area (Å²) in [4.78, 5) is 0. The second kappa shape index (κ2) is 6.18. The summed E-state index contributed by atoms with van der Waals surface area (Å²) in [6.45, 7) is 3.30. The van der Waals surface area contributed by atoms with Gasteiger partial charge in [0.1, 0.15) is 0 Å². The molecule has 94 valence electrons. The van der Waals surface area contributed by atoms with Crippen LogP contribution in [0.1, 0.15) is 30.9 Å². The number of nitrogens with one attached hydrogen (secondary N) is 1. The van der Waals surface area contributed by atoms with Gasteiger partial charge < -0.3 is 10.1 Å². The molecule has 0 bridgehead atoms. The minimum Gasteiger partial charge on any atom is -0.381 e. The van der Waals surface area contributed by atoms with Crippen LogP contribution in [0.5, 0.6) is 0 Å². The van der Waals surface area contributed by atoms with E-state index in [-0.39, 0.29) is 0 Å². The highest BCUT2D eigenvalue weighted by molar-refractivity contribution is 5.24. The average Bonchev–Trinajstić information content (AvgIpc) is 2.84. The first-order valence-corrected chi connectivity index (χ1v) is 6.62. The molecule has 1 aliphatic rings. The maximum Gasteiger partial charge on any atom is 0.0583 e. The lowest BCUT2D eigenvalue weighted by molar-refractivity contribution is 0.119. The Bertz CT molecular complexity index is 327. The van der Waals surface area contributed by atoms with Gasteiger partial charge in [-0.15, -0.1) is 0 Å². The molecule has 1 fully saturated rings. The third-order valence-electron chi connectivity index (χ3n) is 3.59. The Morgan fingerprint density at radius 1 is 1.29 bits per heavy atom. The Labute approximate surface area is 104 Å². The molecule has 0 radical (unpaired) electrons. The van der Waals surface area contributed by atoms with Gasteiger partial charge in [0.05, 0.1) is 6.10 Å². The Hall–Kier alpha value is -0.860. The van der Waals surface area contributed by atoms with Gasteiger partial charge in [0.2, 0.25) is 0 Å². The summed E-state index contributed by atoms with van der Waals surface area (Å²) in [6.07, 6.45) is 5.12. The van der Waals surface area contributed by atoms with Crippen LogP contribution in [0.25, 0.3) is 0 Å². The van der Waals surface area contributed by atoms with Crippen molar-refractivity contribution in [2.24, 2.45) is 0 Å². The fourth-order valence-corrected chi connectivity index (χ4v) is 2.44. The van der Waals surface area contributed by atoms with Crippen molar-refractivity contribution in [1.82, 2.24) is 5.32 Å². The van der Waals surface area contributed by atoms with E-state index in [0.29, 0.717) is 12.1 Å². The molecular formula is C15H23NO. The lowest BCUT2D eigenvalue weighted by Crippen LogP contribution is -2.23. The zero-order valence-electron chi connectivity index (χ0n) is 10.9. The lowest BCUT2D eigenvalue weighted by atomic mass is 10.0. The maximum absolute atomic E-state index is 5.28. The van der Waals surface area contributed by atoms with Crippen LogP contribution in [0, 0.1) is 0 Å². The number of ether oxygens (including phenoxy) is 1. The van der Waals surface area contributed by atoms with E-state index in [4.69, 9.17) is 4.74 Å². The molecule has 1 N–H and O–H groups in total. The molecule has 0 amide bonds. The fourth-order valence-electron chi connectivity index (χ4n) is 2.44. The molecule has 2 nitrogen and oxygen atoms in total. The van der Waals surface area contributed by atoms with Crippen LogP contribution < -0.4 is 5.32 Å². The van der Waals surface area contributed by atoms with Crippen LogP contribution in [0.2, 0.25) is 0 Å². The molecule has 0 spiro atoms. The van der Waals surface area contributed by atoms with E-state index in [1.807, 2.05) is 0 Å². The minimum absolute atomic E-state index is 0.303. The van der Waals surface area contributed by atoms with E-state index in [2.05, 4.69) is 36.5 Å². The van der Waals surface area contributed by atoms with Gasteiger partial charge in [-0.25, -0.2) is 0 Å². The number of benzene rings is 1. The molecule has 1 aromatic carbocycles. The second-order valence-corrected chi connectivity index (χ2v) is 5.06. The number of methoxy groups -OCH3 is 1. The van der Waals surface area contributed by atoms with Crippen LogP contribution >= 0.6 is 0 Å². The van der Waals surface area contributed by atoms with E-state index in [1.165, 1.54) is 36.9 Å². The Kier molecular flexibility index (Phi) is 4.57. The summed E-state index contributed by atoms with van der Waals surface area (Å²) in [5, 5.41) is 3.54. The van der Waals surface area contributed by atoms with Crippen molar-refractivity contribution >= 4 is 0 Å². The summed E-state index contributed by atoms with van der Waals surface area (Å²) in [7, 11) is 1.77. The quantitative estimate of drug-likeness (QED) is 0.844. The van der Waals surface area contributed by atoms with Gasteiger partial charge in [0.25, 0.3) is 0 Å². The van der Waals surface area contributed by atoms with Crippen LogP contribution in [0.3, 0.4) is 0 Å². The average molecular weight is 233 g/mol. The normalized spacial score (nSPS) is 21.6. The van der Waals surface area contributed by atoms with Crippen LogP contribution in [-0.2, 0) is 17.6 Å². The summed E-state index contributed by atoms with van der Waals surface area (Å²) < 4.78 is 5.28. The lowest BCUT2D eigenvalue weighted by Gasteiger charge is -2.12. The van der Waals surface area contributed by atoms with Crippen molar-refractivity contribution in [3.8, 4) is 0 Å². The smallest absolute Gasteiger partial charge is 0.0583 e. The summed E-state index contributed by atoms with van der Waals surface area (Å²) in [5.41, 5.74) is 2.81. The fraction of sp³-hybridized carbons (Fsp3) is 0.600. The highest BCUT2D eigenvalue weighted by Crippen LogP contribution is 2.14. The molecule has 1 saturated heterocycles. The first-order chi connectivity index (χ1) is 8.28. The van der Waals surface area contributed by atoms with Gasteiger partial charge in [0.15, 0.2) is 0 Å². The number of rotatable bonds is 5. The van der Waals surface area contributed by atoms with Crippen molar-refractivity contribution in [1.29, 1.82) is 0 Å². The van der Waals surface area contributed by atoms with E-state index in [1.54, 1.807) is 7.11 Å². The predicted molar refractivity (Wildman–Crippen MR) is 71.3 cm³/mol. The molecule has 1 aromatic rings. The van der Waals surface area contributed by atoms with Crippen molar-refractivity contribution in [2.75, 3.05) is 13.7 Å². The molecule has 2 unspecified atom stereocenters. The van der Waals surface area contributed by atoms with Gasteiger partial charge in [-0.1, -0.05) is 24.3 Å². The Balaban J connectivity index is 1.88. The minimum atomic E-state index is 0.303. The molecule has 1 heterocycles. The van der Waals surface area contributed by atoms with E-state index in [9.17, 15) is 0 Å². The van der Waals surface area contributed by atoms with Gasteiger partial charge in [-0.3, -0.25) is 0 Å². The largest absolute Gasteiger partial charge is 0.381 e. The maximum atomic E-state index is 5.28. The van der Waals surface area contributed by atoms with Gasteiger partial charge >= 0.3 is 0 Å². The van der Waals surface area contributed by atoms with Crippen molar-refractivity contribution in [2.45, 2.75) is 44.8 Å². The molecular weight excluding hydrogens is 210 g/mol. The molecule has 0 saturated carbocycles. The van der Waals surface area contributed by atoms with Gasteiger partial charge in [-0.05, 0) is 50.3 Å². The van der Waals surface area contributed by atoms with E-state index < -0.39 is 0 Å². The molecule has 0 aliphatic carbocycles. The Morgan fingerprint density at radius 2 is 2.00 bits per heavy atom. The summed E-state index contributed by atoms with van der Waals surface area (Å²) in [6, 6.07) is 9.69. The van der Waals surface area contributed by atoms with Crippen molar-refractivity contribution in [3.05, 3.63) is 35.4 Å². The van der Waals surface area contributed by atoms with Crippen LogP contribution in [-0.4, -0.2) is 25.8 Å². The highest BCUT2D eigenvalue weighted by Gasteiger charge is 2.14. The standard InChI is InChI=1S/C15H23NO/c1-12(17-2)10-13-5-7-14(8-6-13)11-15-4-3-9-16-15/h5-8,12,15-16H,3-4,9-11H2,1-2H3. The Morgan fingerprint density at radius 3 is 2.59 bits per heavy atom. The van der Waals surface area contributed by atoms with Crippen molar-refractivity contribution in [3.63, 3.8) is 0 Å². The third kappa shape index (κ3) is 3.83. The molecule has 2 rings (SSSR count). The molecule has 17 heavy (non-hydrogen) atoms. The predicted octanol–water partition coefficient (Wildman–Crippen LogP) is 2.56. The number of hydrogen-bond acceptors (Lipinski definition) is 2. The first-order valence-electron chi connectivity index (χ1n) is 6.62. The monoisotopic (exact) mass is 233 g/mol. The van der Waals surface area contributed by atoms with Crippen molar-refractivity contribution < 1.29 is 4.74 Å². The van der Waals surface area contributed by atoms with E-state index >= 15 is 0 Å². The highest BCUT2D eigenvalue weighted by atomic mass is 16.5. The van der Waals surface area contributed by atoms with Gasteiger partial charge in [-0.2, -0.15) is 0 Å².